The van der Waals surface area contributed by atoms with Gasteiger partial charge in [-0.2, -0.15) is 11.8 Å². The lowest BCUT2D eigenvalue weighted by atomic mass is 9.98. The number of carboxylic acids is 3. The molecule has 0 aliphatic heterocycles. The van der Waals surface area contributed by atoms with Crippen molar-refractivity contribution in [3.05, 3.63) is 0 Å². The Morgan fingerprint density at radius 1 is 0.493 bits per heavy atom. The highest BCUT2D eigenvalue weighted by atomic mass is 32.2. The summed E-state index contributed by atoms with van der Waals surface area (Å²) in [6.45, 7) is 9.40. The van der Waals surface area contributed by atoms with Crippen molar-refractivity contribution in [1.82, 2.24) is 53.2 Å². The van der Waals surface area contributed by atoms with Gasteiger partial charge in [-0.05, 0) is 69.8 Å². The number of nitrogens with one attached hydrogen (secondary N) is 12. The molecule has 0 heterocycles. The van der Waals surface area contributed by atoms with Gasteiger partial charge in [-0.1, -0.05) is 40.5 Å². The molecule has 30 heteroatoms. The first kappa shape index (κ1) is 66.0. The molecule has 0 saturated carbocycles. The van der Waals surface area contributed by atoms with Gasteiger partial charge in [0.05, 0.1) is 18.9 Å². The van der Waals surface area contributed by atoms with E-state index in [1.807, 2.05) is 6.92 Å². The summed E-state index contributed by atoms with van der Waals surface area (Å²) >= 11 is 1.26. The lowest BCUT2D eigenvalue weighted by Gasteiger charge is -2.27. The third-order valence-corrected chi connectivity index (χ3v) is 12.0. The molecule has 0 aliphatic carbocycles. The normalized spacial score (nSPS) is 15.4. The number of carboxylic acid groups (broad SMARTS) is 3. The zero-order valence-electron chi connectivity index (χ0n) is 42.3. The molecule has 11 atom stereocenters. The van der Waals surface area contributed by atoms with E-state index in [4.69, 9.17) is 28.0 Å². The van der Waals surface area contributed by atoms with Crippen LogP contribution in [0.5, 0.6) is 0 Å². The highest BCUT2D eigenvalue weighted by Crippen LogP contribution is 2.11. The van der Waals surface area contributed by atoms with E-state index in [9.17, 15) is 68.1 Å². The van der Waals surface area contributed by atoms with Crippen molar-refractivity contribution in [2.45, 2.75) is 154 Å². The SMILES string of the molecule is CC[C@H](C)[C@H](N)C(=O)N[C@@H](CCCNC(=N)N)C(=O)N[C@@H](C)C(=O)N[C@@H](CC(=O)O)C(=O)N[C@@H](CCSC)C(=O)N[C@@H](CCCNC(=N)N)C(=O)N[C@@H](C)C(=O)N[C@@H](CC(=O)O)C(=O)N[C@H](C(=O)O)[C@@H](C)CC. The molecule has 0 spiro atoms. The van der Waals surface area contributed by atoms with Crippen molar-refractivity contribution in [1.29, 1.82) is 10.8 Å². The summed E-state index contributed by atoms with van der Waals surface area (Å²) in [5, 5.41) is 67.6. The highest BCUT2D eigenvalue weighted by molar-refractivity contribution is 7.98. The van der Waals surface area contributed by atoms with E-state index in [0.29, 0.717) is 12.8 Å². The summed E-state index contributed by atoms with van der Waals surface area (Å²) in [6.07, 6.45) is 0.693. The number of carbonyl (C=O) groups excluding carboxylic acids is 8. The van der Waals surface area contributed by atoms with Gasteiger partial charge in [-0.3, -0.25) is 58.8 Å². The van der Waals surface area contributed by atoms with Gasteiger partial charge in [-0.15, -0.1) is 0 Å². The second-order valence-corrected chi connectivity index (χ2v) is 18.3. The van der Waals surface area contributed by atoms with E-state index in [0.717, 1.165) is 0 Å². The van der Waals surface area contributed by atoms with Crippen LogP contribution in [0.4, 0.5) is 0 Å². The first-order chi connectivity index (χ1) is 34.1. The van der Waals surface area contributed by atoms with Gasteiger partial charge >= 0.3 is 17.9 Å². The molecule has 0 aliphatic rings. The second-order valence-electron chi connectivity index (χ2n) is 17.3. The maximum atomic E-state index is 13.9. The summed E-state index contributed by atoms with van der Waals surface area (Å²) < 4.78 is 0. The number of thioether (sulfide) groups is 1. The third-order valence-electron chi connectivity index (χ3n) is 11.3. The molecule has 8 amide bonds. The smallest absolute Gasteiger partial charge is 0.326 e. The molecule has 0 bridgehead atoms. The number of guanidine groups is 2. The zero-order valence-corrected chi connectivity index (χ0v) is 43.1. The van der Waals surface area contributed by atoms with Crippen LogP contribution >= 0.6 is 11.8 Å². The number of nitrogens with two attached hydrogens (primary N) is 3. The molecule has 21 N–H and O–H groups in total. The standard InChI is InChI=1S/C43H77N15O14S/c1-8-20(3)31(44)40(70)55-25(13-11-16-50-43(47)48)36(66)52-22(5)33(63)56-27(18-29(59)60)38(68)54-26(14-17-73-7)37(67)53-24(12-10-15-49-42(45)46)35(65)51-23(6)34(64)57-28(19-30(61)62)39(69)58-32(41(71)72)21(4)9-2/h20-28,31-32H,8-19,44H2,1-7H3,(H,51,65)(H,52,66)(H,53,67)(H,54,68)(H,55,70)(H,56,63)(H,57,64)(H,58,69)(H,59,60)(H,61,62)(H,71,72)(H4,45,46,49)(H4,47,48,50)/t20-,21-,22-,23-,24-,25-,26-,27-,28-,31-,32-/m0/s1. The Labute approximate surface area is 427 Å². The Balaban J connectivity index is 6.43. The van der Waals surface area contributed by atoms with Crippen LogP contribution in [0, 0.1) is 22.7 Å². The average Bonchev–Trinajstić information content (AvgIpc) is 3.31. The number of aliphatic carboxylic acids is 3. The molecule has 0 fully saturated rings. The average molecular weight is 1060 g/mol. The number of rotatable bonds is 36. The minimum absolute atomic E-state index is 0.0148. The second kappa shape index (κ2) is 34.4. The van der Waals surface area contributed by atoms with Crippen LogP contribution in [-0.4, -0.2) is 172 Å². The molecule has 0 radical (unpaired) electrons. The third kappa shape index (κ3) is 26.3. The van der Waals surface area contributed by atoms with Crippen molar-refractivity contribution in [2.24, 2.45) is 29.0 Å². The van der Waals surface area contributed by atoms with Gasteiger partial charge in [0.1, 0.15) is 48.3 Å². The van der Waals surface area contributed by atoms with Crippen LogP contribution in [0.3, 0.4) is 0 Å². The molecule has 0 aromatic rings. The molecular weight excluding hydrogens is 983 g/mol. The van der Waals surface area contributed by atoms with Crippen LogP contribution in [-0.2, 0) is 52.7 Å². The number of amides is 8. The van der Waals surface area contributed by atoms with Gasteiger partial charge in [-0.25, -0.2) is 4.79 Å². The summed E-state index contributed by atoms with van der Waals surface area (Å²) in [5.41, 5.74) is 16.8. The fourth-order valence-electron chi connectivity index (χ4n) is 6.48. The van der Waals surface area contributed by atoms with Crippen LogP contribution in [0.1, 0.15) is 99.3 Å². The van der Waals surface area contributed by atoms with E-state index in [2.05, 4.69) is 53.2 Å². The maximum Gasteiger partial charge on any atom is 0.326 e. The van der Waals surface area contributed by atoms with Crippen molar-refractivity contribution in [2.75, 3.05) is 25.1 Å². The van der Waals surface area contributed by atoms with Gasteiger partial charge in [0, 0.05) is 13.1 Å². The van der Waals surface area contributed by atoms with Gasteiger partial charge < -0.3 is 85.7 Å². The van der Waals surface area contributed by atoms with Crippen molar-refractivity contribution < 1.29 is 68.1 Å². The molecule has 0 aromatic carbocycles. The topological polar surface area (TPSA) is 495 Å². The van der Waals surface area contributed by atoms with Crippen molar-refractivity contribution in [3.8, 4) is 0 Å². The Kier molecular flexibility index (Phi) is 31.1. The molecule has 414 valence electrons. The van der Waals surface area contributed by atoms with Gasteiger partial charge in [0.15, 0.2) is 11.9 Å². The molecular formula is C43H77N15O14S. The van der Waals surface area contributed by atoms with Crippen LogP contribution in [0.25, 0.3) is 0 Å². The van der Waals surface area contributed by atoms with Gasteiger partial charge in [0.25, 0.3) is 0 Å². The summed E-state index contributed by atoms with van der Waals surface area (Å²) in [5.74, 6) is -13.5. The fourth-order valence-corrected chi connectivity index (χ4v) is 6.95. The van der Waals surface area contributed by atoms with E-state index >= 15 is 0 Å². The maximum absolute atomic E-state index is 13.9. The number of hydrogen-bond acceptors (Lipinski definition) is 15. The summed E-state index contributed by atoms with van der Waals surface area (Å²) in [6, 6.07) is -13.1. The van der Waals surface area contributed by atoms with E-state index in [1.54, 1.807) is 27.0 Å². The van der Waals surface area contributed by atoms with E-state index < -0.39 is 144 Å². The molecule has 29 nitrogen and oxygen atoms in total. The van der Waals surface area contributed by atoms with Crippen LogP contribution in [0.2, 0.25) is 0 Å². The predicted octanol–water partition coefficient (Wildman–Crippen LogP) is -4.36. The summed E-state index contributed by atoms with van der Waals surface area (Å²) in [4.78, 5) is 143. The zero-order chi connectivity index (χ0) is 56.1. The molecule has 0 rings (SSSR count). The minimum atomic E-state index is -1.83. The first-order valence-electron chi connectivity index (χ1n) is 23.6. The predicted molar refractivity (Wildman–Crippen MR) is 267 cm³/mol. The minimum Gasteiger partial charge on any atom is -0.481 e. The largest absolute Gasteiger partial charge is 0.481 e. The van der Waals surface area contributed by atoms with E-state index in [-0.39, 0.29) is 62.8 Å². The molecule has 0 saturated heterocycles. The quantitative estimate of drug-likeness (QED) is 0.0160. The lowest BCUT2D eigenvalue weighted by molar-refractivity contribution is -0.145. The van der Waals surface area contributed by atoms with Crippen LogP contribution in [0.15, 0.2) is 0 Å². The monoisotopic (exact) mass is 1060 g/mol. The van der Waals surface area contributed by atoms with Crippen molar-refractivity contribution >= 4 is 88.8 Å². The number of hydrogen-bond donors (Lipinski definition) is 18. The van der Waals surface area contributed by atoms with Crippen LogP contribution < -0.4 is 70.4 Å². The Morgan fingerprint density at radius 2 is 0.836 bits per heavy atom. The molecule has 0 aromatic heterocycles. The molecule has 0 unspecified atom stereocenters. The molecule has 73 heavy (non-hydrogen) atoms. The number of carbonyl (C=O) groups is 11. The first-order valence-corrected chi connectivity index (χ1v) is 25.0. The Bertz CT molecular complexity index is 1950. The Morgan fingerprint density at radius 3 is 1.19 bits per heavy atom. The Hall–Kier alpha value is -6.98. The summed E-state index contributed by atoms with van der Waals surface area (Å²) in [7, 11) is 0. The lowest BCUT2D eigenvalue weighted by Crippen LogP contribution is -2.60. The van der Waals surface area contributed by atoms with E-state index in [1.165, 1.54) is 25.6 Å². The fraction of sp³-hybridized carbons (Fsp3) is 0.698. The van der Waals surface area contributed by atoms with Crippen molar-refractivity contribution in [3.63, 3.8) is 0 Å². The highest BCUT2D eigenvalue weighted by Gasteiger charge is 2.35. The van der Waals surface area contributed by atoms with Gasteiger partial charge in [0.2, 0.25) is 47.3 Å².